The first-order valence-corrected chi connectivity index (χ1v) is 11.8. The molecule has 0 saturated carbocycles. The van der Waals surface area contributed by atoms with Crippen molar-refractivity contribution in [1.29, 1.82) is 0 Å². The van der Waals surface area contributed by atoms with Gasteiger partial charge in [0.05, 0.1) is 16.1 Å². The van der Waals surface area contributed by atoms with Gasteiger partial charge in [-0.15, -0.1) is 0 Å². The normalized spacial score (nSPS) is 15.4. The summed E-state index contributed by atoms with van der Waals surface area (Å²) in [5.74, 6) is -0.491. The van der Waals surface area contributed by atoms with Crippen LogP contribution in [-0.2, 0) is 21.4 Å². The van der Waals surface area contributed by atoms with Crippen LogP contribution < -0.4 is 0 Å². The maximum atomic E-state index is 12.8. The fraction of sp³-hybridized carbons (Fsp3) is 0.304. The number of ether oxygens (including phenoxy) is 1. The molecule has 8 heteroatoms. The van der Waals surface area contributed by atoms with Crippen molar-refractivity contribution in [2.24, 2.45) is 0 Å². The Morgan fingerprint density at radius 1 is 0.935 bits per heavy atom. The summed E-state index contributed by atoms with van der Waals surface area (Å²) in [6.07, 6.45) is 7.44. The lowest BCUT2D eigenvalue weighted by Gasteiger charge is -2.20. The van der Waals surface area contributed by atoms with Crippen molar-refractivity contribution in [3.63, 3.8) is 0 Å². The molecule has 1 saturated heterocycles. The van der Waals surface area contributed by atoms with Gasteiger partial charge in [-0.3, -0.25) is 0 Å². The van der Waals surface area contributed by atoms with Gasteiger partial charge in [0, 0.05) is 25.5 Å². The topological polar surface area (TPSA) is 81.5 Å². The van der Waals surface area contributed by atoms with Crippen LogP contribution in [0.3, 0.4) is 0 Å². The molecular weight excluding hydrogens is 414 g/mol. The van der Waals surface area contributed by atoms with Crippen LogP contribution in [0.4, 0.5) is 0 Å². The molecule has 0 radical (unpaired) electrons. The summed E-state index contributed by atoms with van der Waals surface area (Å²) >= 11 is 0. The summed E-state index contributed by atoms with van der Waals surface area (Å²) in [6.45, 7) is 1.22. The van der Waals surface area contributed by atoms with Crippen LogP contribution >= 0.6 is 0 Å². The van der Waals surface area contributed by atoms with Gasteiger partial charge in [0.2, 0.25) is 10.0 Å². The highest BCUT2D eigenvalue weighted by Crippen LogP contribution is 2.21. The van der Waals surface area contributed by atoms with Gasteiger partial charge in [-0.1, -0.05) is 25.0 Å². The molecule has 0 spiro atoms. The van der Waals surface area contributed by atoms with Crippen LogP contribution in [0.25, 0.3) is 5.69 Å². The number of hydrogen-bond donors (Lipinski definition) is 0. The average molecular weight is 440 g/mol. The second-order valence-electron chi connectivity index (χ2n) is 7.54. The van der Waals surface area contributed by atoms with Gasteiger partial charge in [0.1, 0.15) is 6.61 Å². The van der Waals surface area contributed by atoms with Crippen LogP contribution in [0.15, 0.2) is 71.9 Å². The maximum Gasteiger partial charge on any atom is 0.338 e. The number of hydrogen-bond acceptors (Lipinski definition) is 5. The maximum absolute atomic E-state index is 12.8. The number of carbonyl (C=O) groups is 1. The molecule has 1 fully saturated rings. The van der Waals surface area contributed by atoms with E-state index < -0.39 is 16.0 Å². The summed E-state index contributed by atoms with van der Waals surface area (Å²) in [4.78, 5) is 12.6. The van der Waals surface area contributed by atoms with Gasteiger partial charge in [-0.2, -0.15) is 9.40 Å². The lowest BCUT2D eigenvalue weighted by Crippen LogP contribution is -2.31. The molecule has 1 aliphatic heterocycles. The standard InChI is InChI=1S/C23H25N3O4S/c27-23(30-18-19-6-10-21(11-7-19)26-17-5-14-24-26)20-8-12-22(13-9-20)31(28,29)25-15-3-1-2-4-16-25/h5-14,17H,1-4,15-16,18H2. The smallest absolute Gasteiger partial charge is 0.338 e. The van der Waals surface area contributed by atoms with E-state index in [2.05, 4.69) is 5.10 Å². The molecule has 4 rings (SSSR count). The molecule has 0 unspecified atom stereocenters. The van der Waals surface area contributed by atoms with Gasteiger partial charge < -0.3 is 4.74 Å². The van der Waals surface area contributed by atoms with Gasteiger partial charge in [0.15, 0.2) is 0 Å². The van der Waals surface area contributed by atoms with E-state index in [0.29, 0.717) is 18.7 Å². The minimum Gasteiger partial charge on any atom is -0.457 e. The Balaban J connectivity index is 1.37. The molecule has 1 aromatic heterocycles. The van der Waals surface area contributed by atoms with Gasteiger partial charge in [0.25, 0.3) is 0 Å². The Kier molecular flexibility index (Phi) is 6.48. The van der Waals surface area contributed by atoms with Crippen molar-refractivity contribution in [3.8, 4) is 5.69 Å². The summed E-state index contributed by atoms with van der Waals surface area (Å²) in [7, 11) is -3.53. The van der Waals surface area contributed by atoms with Crippen molar-refractivity contribution in [3.05, 3.63) is 78.1 Å². The molecule has 0 bridgehead atoms. The number of carbonyl (C=O) groups excluding carboxylic acids is 1. The first kappa shape index (κ1) is 21.3. The van der Waals surface area contributed by atoms with Crippen molar-refractivity contribution in [2.75, 3.05) is 13.1 Å². The molecule has 3 aromatic rings. The zero-order valence-electron chi connectivity index (χ0n) is 17.2. The first-order valence-electron chi connectivity index (χ1n) is 10.4. The van der Waals surface area contributed by atoms with Gasteiger partial charge >= 0.3 is 5.97 Å². The van der Waals surface area contributed by atoms with E-state index >= 15 is 0 Å². The quantitative estimate of drug-likeness (QED) is 0.546. The molecule has 7 nitrogen and oxygen atoms in total. The van der Waals surface area contributed by atoms with E-state index in [9.17, 15) is 13.2 Å². The third kappa shape index (κ3) is 5.03. The highest BCUT2D eigenvalue weighted by Gasteiger charge is 2.25. The third-order valence-electron chi connectivity index (χ3n) is 5.37. The van der Waals surface area contributed by atoms with Crippen LogP contribution in [0.2, 0.25) is 0 Å². The highest BCUT2D eigenvalue weighted by molar-refractivity contribution is 7.89. The predicted molar refractivity (Wildman–Crippen MR) is 116 cm³/mol. The minimum absolute atomic E-state index is 0.131. The largest absolute Gasteiger partial charge is 0.457 e. The lowest BCUT2D eigenvalue weighted by atomic mass is 10.2. The van der Waals surface area contributed by atoms with E-state index in [1.807, 2.05) is 36.5 Å². The number of rotatable bonds is 6. The van der Waals surface area contributed by atoms with Crippen molar-refractivity contribution in [1.82, 2.24) is 14.1 Å². The summed E-state index contributed by atoms with van der Waals surface area (Å²) in [5, 5.41) is 4.17. The number of nitrogens with zero attached hydrogens (tertiary/aromatic N) is 3. The molecule has 2 aromatic carbocycles. The Labute approximate surface area is 182 Å². The Bertz CT molecular complexity index is 1100. The molecular formula is C23H25N3O4S. The lowest BCUT2D eigenvalue weighted by molar-refractivity contribution is 0.0472. The fourth-order valence-corrected chi connectivity index (χ4v) is 5.11. The minimum atomic E-state index is -3.53. The molecule has 162 valence electrons. The average Bonchev–Trinajstić information content (AvgIpc) is 3.19. The summed E-state index contributed by atoms with van der Waals surface area (Å²) in [5.41, 5.74) is 2.09. The number of aromatic nitrogens is 2. The monoisotopic (exact) mass is 439 g/mol. The third-order valence-corrected chi connectivity index (χ3v) is 7.28. The van der Waals surface area contributed by atoms with Gasteiger partial charge in [-0.25, -0.2) is 17.9 Å². The second-order valence-corrected chi connectivity index (χ2v) is 9.47. The van der Waals surface area contributed by atoms with Crippen molar-refractivity contribution < 1.29 is 17.9 Å². The van der Waals surface area contributed by atoms with Crippen molar-refractivity contribution >= 4 is 16.0 Å². The zero-order valence-corrected chi connectivity index (χ0v) is 18.0. The number of esters is 1. The van der Waals surface area contributed by atoms with Crippen molar-refractivity contribution in [2.45, 2.75) is 37.2 Å². The molecule has 31 heavy (non-hydrogen) atoms. The molecule has 0 amide bonds. The number of benzene rings is 2. The van der Waals surface area contributed by atoms with Crippen LogP contribution in [-0.4, -0.2) is 41.6 Å². The Morgan fingerprint density at radius 2 is 1.61 bits per heavy atom. The van der Waals surface area contributed by atoms with E-state index in [-0.39, 0.29) is 11.5 Å². The molecule has 0 atom stereocenters. The van der Waals surface area contributed by atoms with E-state index in [1.165, 1.54) is 24.3 Å². The number of sulfonamides is 1. The first-order chi connectivity index (χ1) is 15.0. The highest BCUT2D eigenvalue weighted by atomic mass is 32.2. The Morgan fingerprint density at radius 3 is 2.23 bits per heavy atom. The molecule has 2 heterocycles. The Hall–Kier alpha value is -2.97. The summed E-state index contributed by atoms with van der Waals surface area (Å²) in [6, 6.07) is 15.4. The molecule has 0 N–H and O–H groups in total. The van der Waals surface area contributed by atoms with Crippen LogP contribution in [0.1, 0.15) is 41.6 Å². The van der Waals surface area contributed by atoms with Crippen LogP contribution in [0.5, 0.6) is 0 Å². The molecule has 1 aliphatic rings. The SMILES string of the molecule is O=C(OCc1ccc(-n2cccn2)cc1)c1ccc(S(=O)(=O)N2CCCCCC2)cc1. The fourth-order valence-electron chi connectivity index (χ4n) is 3.59. The molecule has 0 aliphatic carbocycles. The zero-order chi connectivity index (χ0) is 21.7. The second kappa shape index (κ2) is 9.45. The van der Waals surface area contributed by atoms with E-state index in [1.54, 1.807) is 15.2 Å². The van der Waals surface area contributed by atoms with E-state index in [4.69, 9.17) is 4.74 Å². The van der Waals surface area contributed by atoms with E-state index in [0.717, 1.165) is 36.9 Å². The summed E-state index contributed by atoms with van der Waals surface area (Å²) < 4.78 is 34.4. The van der Waals surface area contributed by atoms with Crippen LogP contribution in [0, 0.1) is 0 Å². The predicted octanol–water partition coefficient (Wildman–Crippen LogP) is 3.79. The van der Waals surface area contributed by atoms with Gasteiger partial charge in [-0.05, 0) is 60.9 Å².